The van der Waals surface area contributed by atoms with E-state index in [1.54, 1.807) is 13.8 Å². The quantitative estimate of drug-likeness (QED) is 0.621. The highest BCUT2D eigenvalue weighted by atomic mass is 16.4. The van der Waals surface area contributed by atoms with Gasteiger partial charge in [-0.1, -0.05) is 61.8 Å². The van der Waals surface area contributed by atoms with E-state index in [2.05, 4.69) is 25.8 Å². The van der Waals surface area contributed by atoms with Gasteiger partial charge >= 0.3 is 11.9 Å². The number of carbonyl (C=O) groups is 2. The molecule has 0 aliphatic heterocycles. The lowest BCUT2D eigenvalue weighted by molar-refractivity contribution is -0.147. The van der Waals surface area contributed by atoms with Gasteiger partial charge in [-0.2, -0.15) is 0 Å². The molecule has 0 aromatic heterocycles. The topological polar surface area (TPSA) is 74.6 Å². The number of allylic oxidation sites excluding steroid dienone is 5. The van der Waals surface area contributed by atoms with E-state index >= 15 is 0 Å². The van der Waals surface area contributed by atoms with Gasteiger partial charge in [0.25, 0.3) is 0 Å². The average molecular weight is 373 g/mol. The van der Waals surface area contributed by atoms with Gasteiger partial charge in [0.2, 0.25) is 0 Å². The van der Waals surface area contributed by atoms with Crippen molar-refractivity contribution in [3.63, 3.8) is 0 Å². The smallest absolute Gasteiger partial charge is 0.332 e. The molecule has 4 heteroatoms. The van der Waals surface area contributed by atoms with Crippen LogP contribution in [-0.2, 0) is 9.59 Å². The average Bonchev–Trinajstić information content (AvgIpc) is 2.61. The van der Waals surface area contributed by atoms with Crippen LogP contribution in [0.1, 0.15) is 52.9 Å². The zero-order chi connectivity index (χ0) is 20.8. The molecular formula is C23H32O4. The third-order valence-corrected chi connectivity index (χ3v) is 5.40. The normalized spacial score (nSPS) is 25.2. The van der Waals surface area contributed by atoms with Crippen molar-refractivity contribution in [2.24, 2.45) is 17.3 Å². The van der Waals surface area contributed by atoms with Crippen LogP contribution in [0.15, 0.2) is 60.3 Å². The first-order valence-corrected chi connectivity index (χ1v) is 9.40. The van der Waals surface area contributed by atoms with Gasteiger partial charge in [0.15, 0.2) is 0 Å². The lowest BCUT2D eigenvalue weighted by Crippen LogP contribution is -2.39. The fourth-order valence-corrected chi connectivity index (χ4v) is 3.83. The molecule has 2 unspecified atom stereocenters. The highest BCUT2D eigenvalue weighted by Gasteiger charge is 2.46. The van der Waals surface area contributed by atoms with Crippen molar-refractivity contribution in [1.82, 2.24) is 0 Å². The Hall–Kier alpha value is -2.36. The fraction of sp³-hybridized carbons (Fsp3) is 0.478. The molecule has 0 aromatic rings. The van der Waals surface area contributed by atoms with Gasteiger partial charge < -0.3 is 10.2 Å². The Kier molecular flexibility index (Phi) is 8.01. The minimum absolute atomic E-state index is 0.0485. The molecule has 0 aromatic carbocycles. The van der Waals surface area contributed by atoms with Gasteiger partial charge in [-0.15, -0.1) is 6.58 Å². The molecule has 2 aliphatic rings. The summed E-state index contributed by atoms with van der Waals surface area (Å²) < 4.78 is 0. The maximum atomic E-state index is 11.5. The van der Waals surface area contributed by atoms with Crippen LogP contribution in [-0.4, -0.2) is 22.2 Å². The predicted octanol–water partition coefficient (Wildman–Crippen LogP) is 5.55. The summed E-state index contributed by atoms with van der Waals surface area (Å²) in [5, 5.41) is 18.8. The van der Waals surface area contributed by atoms with Crippen LogP contribution in [0.2, 0.25) is 0 Å². The standard InChI is InChI=1S/C15H18O4.C8H14/c1-8(2)10-6-7-15(5,14(18)19)12(9(3)4)11(10)13(16)17;1-2-8-6-4-3-5-7-8/h6-7,12H,1,3H2,2,4-5H3,(H,16,17)(H,18,19);2,8H,1,3-7H2. The molecule has 2 atom stereocenters. The van der Waals surface area contributed by atoms with Crippen LogP contribution in [0.4, 0.5) is 0 Å². The minimum atomic E-state index is -1.31. The van der Waals surface area contributed by atoms with Crippen molar-refractivity contribution in [1.29, 1.82) is 0 Å². The Morgan fingerprint density at radius 1 is 1.15 bits per heavy atom. The Labute approximate surface area is 162 Å². The molecule has 2 rings (SSSR count). The molecule has 1 fully saturated rings. The second kappa shape index (κ2) is 9.54. The number of carboxylic acid groups (broad SMARTS) is 2. The summed E-state index contributed by atoms with van der Waals surface area (Å²) in [5.41, 5.74) is 0.308. The van der Waals surface area contributed by atoms with Gasteiger partial charge in [-0.05, 0) is 45.1 Å². The summed E-state index contributed by atoms with van der Waals surface area (Å²) in [5.74, 6) is -2.14. The summed E-state index contributed by atoms with van der Waals surface area (Å²) in [6.07, 6.45) is 12.2. The first kappa shape index (κ1) is 22.7. The van der Waals surface area contributed by atoms with E-state index in [0.29, 0.717) is 16.7 Å². The third kappa shape index (κ3) is 5.31. The Morgan fingerprint density at radius 3 is 2.04 bits per heavy atom. The summed E-state index contributed by atoms with van der Waals surface area (Å²) in [6, 6.07) is 0. The molecule has 0 amide bonds. The number of rotatable bonds is 5. The van der Waals surface area contributed by atoms with Gasteiger partial charge in [0, 0.05) is 5.92 Å². The van der Waals surface area contributed by atoms with E-state index in [9.17, 15) is 19.8 Å². The van der Waals surface area contributed by atoms with Crippen LogP contribution in [0.5, 0.6) is 0 Å². The van der Waals surface area contributed by atoms with E-state index in [0.717, 1.165) is 5.92 Å². The lowest BCUT2D eigenvalue weighted by Gasteiger charge is -2.36. The maximum Gasteiger partial charge on any atom is 0.332 e. The predicted molar refractivity (Wildman–Crippen MR) is 109 cm³/mol. The van der Waals surface area contributed by atoms with Crippen LogP contribution in [0.25, 0.3) is 0 Å². The molecular weight excluding hydrogens is 340 g/mol. The summed E-state index contributed by atoms with van der Waals surface area (Å²) in [4.78, 5) is 23.0. The second-order valence-electron chi connectivity index (χ2n) is 7.75. The molecule has 0 spiro atoms. The van der Waals surface area contributed by atoms with Crippen molar-refractivity contribution in [3.05, 3.63) is 60.3 Å². The zero-order valence-electron chi connectivity index (χ0n) is 16.8. The first-order valence-electron chi connectivity index (χ1n) is 9.40. The van der Waals surface area contributed by atoms with E-state index < -0.39 is 23.3 Å². The Morgan fingerprint density at radius 2 is 1.70 bits per heavy atom. The molecule has 0 saturated heterocycles. The van der Waals surface area contributed by atoms with Crippen molar-refractivity contribution in [2.75, 3.05) is 0 Å². The molecule has 1 saturated carbocycles. The summed E-state index contributed by atoms with van der Waals surface area (Å²) in [7, 11) is 0. The summed E-state index contributed by atoms with van der Waals surface area (Å²) >= 11 is 0. The van der Waals surface area contributed by atoms with Crippen LogP contribution >= 0.6 is 0 Å². The minimum Gasteiger partial charge on any atom is -0.481 e. The van der Waals surface area contributed by atoms with Crippen LogP contribution in [0, 0.1) is 17.3 Å². The van der Waals surface area contributed by atoms with E-state index in [-0.39, 0.29) is 5.57 Å². The molecule has 0 bridgehead atoms. The number of hydrogen-bond donors (Lipinski definition) is 2. The van der Waals surface area contributed by atoms with Crippen molar-refractivity contribution in [2.45, 2.75) is 52.9 Å². The van der Waals surface area contributed by atoms with Gasteiger partial charge in [0.05, 0.1) is 11.0 Å². The molecule has 148 valence electrons. The largest absolute Gasteiger partial charge is 0.481 e. The van der Waals surface area contributed by atoms with Crippen molar-refractivity contribution < 1.29 is 19.8 Å². The molecule has 0 heterocycles. The number of hydrogen-bond acceptors (Lipinski definition) is 2. The van der Waals surface area contributed by atoms with E-state index in [4.69, 9.17) is 0 Å². The Balaban J connectivity index is 0.000000377. The van der Waals surface area contributed by atoms with Gasteiger partial charge in [0.1, 0.15) is 0 Å². The SMILES string of the molecule is C=C(C)C1=C(C(=O)O)C(C(=C)C)C(C)(C(=O)O)C=C1.C=CC1CCCCC1. The van der Waals surface area contributed by atoms with Crippen LogP contribution < -0.4 is 0 Å². The molecule has 4 nitrogen and oxygen atoms in total. The van der Waals surface area contributed by atoms with E-state index in [1.165, 1.54) is 51.2 Å². The summed E-state index contributed by atoms with van der Waals surface area (Å²) in [6.45, 7) is 16.1. The van der Waals surface area contributed by atoms with Gasteiger partial charge in [-0.3, -0.25) is 4.79 Å². The molecule has 0 radical (unpaired) electrons. The van der Waals surface area contributed by atoms with E-state index in [1.807, 2.05) is 0 Å². The van der Waals surface area contributed by atoms with Crippen LogP contribution in [0.3, 0.4) is 0 Å². The Bertz CT molecular complexity index is 689. The number of carboxylic acids is 2. The molecule has 2 N–H and O–H groups in total. The maximum absolute atomic E-state index is 11.5. The zero-order valence-corrected chi connectivity index (χ0v) is 16.8. The third-order valence-electron chi connectivity index (χ3n) is 5.40. The highest BCUT2D eigenvalue weighted by Crippen LogP contribution is 2.45. The fourth-order valence-electron chi connectivity index (χ4n) is 3.83. The lowest BCUT2D eigenvalue weighted by atomic mass is 9.65. The number of aliphatic carboxylic acids is 2. The first-order chi connectivity index (χ1) is 12.6. The highest BCUT2D eigenvalue weighted by molar-refractivity contribution is 5.94. The second-order valence-corrected chi connectivity index (χ2v) is 7.75. The van der Waals surface area contributed by atoms with Gasteiger partial charge in [-0.25, -0.2) is 4.79 Å². The van der Waals surface area contributed by atoms with Crippen molar-refractivity contribution >= 4 is 11.9 Å². The molecule has 2 aliphatic carbocycles. The molecule has 27 heavy (non-hydrogen) atoms. The van der Waals surface area contributed by atoms with Crippen molar-refractivity contribution in [3.8, 4) is 0 Å². The monoisotopic (exact) mass is 372 g/mol.